The van der Waals surface area contributed by atoms with E-state index in [1.165, 1.54) is 0 Å². The van der Waals surface area contributed by atoms with E-state index in [-0.39, 0.29) is 0 Å². The molecule has 4 nitrogen and oxygen atoms in total. The minimum absolute atomic E-state index is 0.457. The number of nitrogens with zero attached hydrogens (tertiary/aromatic N) is 2. The van der Waals surface area contributed by atoms with Crippen LogP contribution in [0.15, 0.2) is 29.8 Å². The van der Waals surface area contributed by atoms with Crippen molar-refractivity contribution in [2.45, 2.75) is 26.8 Å². The highest BCUT2D eigenvalue weighted by atomic mass is 16.4. The first-order chi connectivity index (χ1) is 8.52. The van der Waals surface area contributed by atoms with Crippen molar-refractivity contribution >= 4 is 5.97 Å². The second kappa shape index (κ2) is 6.91. The summed E-state index contributed by atoms with van der Waals surface area (Å²) in [6, 6.07) is 5.92. The molecule has 18 heavy (non-hydrogen) atoms. The van der Waals surface area contributed by atoms with Crippen LogP contribution in [-0.2, 0) is 11.3 Å². The van der Waals surface area contributed by atoms with Crippen molar-refractivity contribution in [1.82, 2.24) is 9.88 Å². The van der Waals surface area contributed by atoms with E-state index in [1.54, 1.807) is 6.08 Å². The molecule has 4 heteroatoms. The highest BCUT2D eigenvalue weighted by Gasteiger charge is 2.05. The summed E-state index contributed by atoms with van der Waals surface area (Å²) in [5.41, 5.74) is 2.45. The zero-order valence-corrected chi connectivity index (χ0v) is 11.2. The van der Waals surface area contributed by atoms with Crippen LogP contribution in [0.4, 0.5) is 0 Å². The third kappa shape index (κ3) is 4.67. The molecule has 0 amide bonds. The van der Waals surface area contributed by atoms with Crippen molar-refractivity contribution in [2.24, 2.45) is 0 Å². The van der Waals surface area contributed by atoms with Crippen molar-refractivity contribution in [2.75, 3.05) is 13.6 Å². The first kappa shape index (κ1) is 14.4. The summed E-state index contributed by atoms with van der Waals surface area (Å²) >= 11 is 0. The van der Waals surface area contributed by atoms with Crippen LogP contribution in [0.2, 0.25) is 0 Å². The normalized spacial score (nSPS) is 11.9. The molecular weight excluding hydrogens is 228 g/mol. The van der Waals surface area contributed by atoms with E-state index in [0.29, 0.717) is 18.5 Å². The minimum Gasteiger partial charge on any atom is -0.478 e. The monoisotopic (exact) mass is 248 g/mol. The maximum atomic E-state index is 10.8. The molecule has 0 radical (unpaired) electrons. The average Bonchev–Trinajstić information content (AvgIpc) is 2.29. The van der Waals surface area contributed by atoms with E-state index < -0.39 is 5.97 Å². The van der Waals surface area contributed by atoms with Gasteiger partial charge in [0.05, 0.1) is 5.69 Å². The minimum atomic E-state index is -0.834. The molecule has 1 aromatic heterocycles. The summed E-state index contributed by atoms with van der Waals surface area (Å²) in [6.07, 6.45) is 2.31. The molecule has 0 bridgehead atoms. The fraction of sp³-hybridized carbons (Fsp3) is 0.429. The Morgan fingerprint density at radius 3 is 2.78 bits per heavy atom. The number of aromatic nitrogens is 1. The Hall–Kier alpha value is -1.68. The Kier molecular flexibility index (Phi) is 5.52. The predicted octanol–water partition coefficient (Wildman–Crippen LogP) is 2.24. The number of pyridine rings is 1. The molecule has 1 aromatic rings. The summed E-state index contributed by atoms with van der Waals surface area (Å²) in [4.78, 5) is 17.3. The number of rotatable bonds is 6. The van der Waals surface area contributed by atoms with Gasteiger partial charge in [-0.15, -0.1) is 0 Å². The number of hydrogen-bond donors (Lipinski definition) is 1. The first-order valence-corrected chi connectivity index (χ1v) is 6.06. The SMILES string of the molecule is CC/C(=C/CN(C)Cc1cccc(C)n1)C(=O)O. The molecule has 0 spiro atoms. The van der Waals surface area contributed by atoms with Crippen molar-refractivity contribution in [1.29, 1.82) is 0 Å². The summed E-state index contributed by atoms with van der Waals surface area (Å²) in [7, 11) is 1.95. The van der Waals surface area contributed by atoms with Crippen molar-refractivity contribution in [3.05, 3.63) is 41.2 Å². The Balaban J connectivity index is 2.56. The van der Waals surface area contributed by atoms with E-state index in [9.17, 15) is 4.79 Å². The van der Waals surface area contributed by atoms with Crippen molar-refractivity contribution in [3.8, 4) is 0 Å². The fourth-order valence-corrected chi connectivity index (χ4v) is 1.68. The predicted molar refractivity (Wildman–Crippen MR) is 71.3 cm³/mol. The molecule has 0 aliphatic rings. The standard InChI is InChI=1S/C14H20N2O2/c1-4-12(14(17)18)8-9-16(3)10-13-7-5-6-11(2)15-13/h5-8H,4,9-10H2,1-3H3,(H,17,18)/b12-8-. The molecule has 0 saturated heterocycles. The second-order valence-corrected chi connectivity index (χ2v) is 4.36. The molecule has 0 atom stereocenters. The topological polar surface area (TPSA) is 53.4 Å². The Morgan fingerprint density at radius 2 is 2.22 bits per heavy atom. The lowest BCUT2D eigenvalue weighted by molar-refractivity contribution is -0.132. The molecule has 1 N–H and O–H groups in total. The van der Waals surface area contributed by atoms with Crippen LogP contribution in [0.1, 0.15) is 24.7 Å². The molecule has 0 unspecified atom stereocenters. The molecule has 98 valence electrons. The largest absolute Gasteiger partial charge is 0.478 e. The fourth-order valence-electron chi connectivity index (χ4n) is 1.68. The number of aliphatic carboxylic acids is 1. The lowest BCUT2D eigenvalue weighted by atomic mass is 10.2. The van der Waals surface area contributed by atoms with Crippen molar-refractivity contribution < 1.29 is 9.90 Å². The van der Waals surface area contributed by atoms with Gasteiger partial charge in [0.15, 0.2) is 0 Å². The van der Waals surface area contributed by atoms with Gasteiger partial charge < -0.3 is 5.11 Å². The zero-order chi connectivity index (χ0) is 13.5. The van der Waals surface area contributed by atoms with Gasteiger partial charge in [0.25, 0.3) is 0 Å². The summed E-state index contributed by atoms with van der Waals surface area (Å²) in [5, 5.41) is 8.91. The maximum absolute atomic E-state index is 10.8. The third-order valence-electron chi connectivity index (χ3n) is 2.68. The van der Waals surface area contributed by atoms with E-state index in [1.807, 2.05) is 44.0 Å². The van der Waals surface area contributed by atoms with Crippen LogP contribution in [-0.4, -0.2) is 34.6 Å². The van der Waals surface area contributed by atoms with Gasteiger partial charge in [0.2, 0.25) is 0 Å². The number of carboxylic acids is 1. The van der Waals surface area contributed by atoms with Crippen LogP contribution in [0.5, 0.6) is 0 Å². The molecule has 0 aliphatic carbocycles. The van der Waals surface area contributed by atoms with Gasteiger partial charge >= 0.3 is 5.97 Å². The quantitative estimate of drug-likeness (QED) is 0.784. The maximum Gasteiger partial charge on any atom is 0.331 e. The molecule has 0 saturated carbocycles. The van der Waals surface area contributed by atoms with Gasteiger partial charge in [-0.2, -0.15) is 0 Å². The molecule has 0 fully saturated rings. The molecule has 1 rings (SSSR count). The number of aryl methyl sites for hydroxylation is 1. The number of likely N-dealkylation sites (N-methyl/N-ethyl adjacent to an activating group) is 1. The highest BCUT2D eigenvalue weighted by molar-refractivity contribution is 5.86. The Labute approximate surface area is 108 Å². The first-order valence-electron chi connectivity index (χ1n) is 6.06. The van der Waals surface area contributed by atoms with Crippen molar-refractivity contribution in [3.63, 3.8) is 0 Å². The summed E-state index contributed by atoms with van der Waals surface area (Å²) in [6.45, 7) is 5.14. The summed E-state index contributed by atoms with van der Waals surface area (Å²) in [5.74, 6) is -0.834. The Morgan fingerprint density at radius 1 is 1.50 bits per heavy atom. The number of carboxylic acid groups (broad SMARTS) is 1. The van der Waals surface area contributed by atoms with E-state index in [0.717, 1.165) is 17.9 Å². The lowest BCUT2D eigenvalue weighted by Gasteiger charge is -2.14. The lowest BCUT2D eigenvalue weighted by Crippen LogP contribution is -2.19. The van der Waals surface area contributed by atoms with Gasteiger partial charge in [0.1, 0.15) is 0 Å². The van der Waals surface area contributed by atoms with Crippen LogP contribution < -0.4 is 0 Å². The van der Waals surface area contributed by atoms with Gasteiger partial charge in [-0.3, -0.25) is 9.88 Å². The Bertz CT molecular complexity index is 441. The van der Waals surface area contributed by atoms with Crippen LogP contribution in [0.3, 0.4) is 0 Å². The van der Waals surface area contributed by atoms with E-state index in [2.05, 4.69) is 4.98 Å². The molecule has 0 aromatic carbocycles. The van der Waals surface area contributed by atoms with E-state index in [4.69, 9.17) is 5.11 Å². The third-order valence-corrected chi connectivity index (χ3v) is 2.68. The van der Waals surface area contributed by atoms with Gasteiger partial charge in [0, 0.05) is 24.4 Å². The number of carbonyl (C=O) groups is 1. The van der Waals surface area contributed by atoms with Crippen LogP contribution >= 0.6 is 0 Å². The van der Waals surface area contributed by atoms with Crippen LogP contribution in [0, 0.1) is 6.92 Å². The molecule has 0 aliphatic heterocycles. The van der Waals surface area contributed by atoms with Gasteiger partial charge in [-0.05, 0) is 32.5 Å². The summed E-state index contributed by atoms with van der Waals surface area (Å²) < 4.78 is 0. The second-order valence-electron chi connectivity index (χ2n) is 4.36. The smallest absolute Gasteiger partial charge is 0.331 e. The van der Waals surface area contributed by atoms with Gasteiger partial charge in [-0.25, -0.2) is 4.79 Å². The highest BCUT2D eigenvalue weighted by Crippen LogP contribution is 2.04. The van der Waals surface area contributed by atoms with Crippen LogP contribution in [0.25, 0.3) is 0 Å². The average molecular weight is 248 g/mol. The zero-order valence-electron chi connectivity index (χ0n) is 11.2. The molecular formula is C14H20N2O2. The molecule has 1 heterocycles. The van der Waals surface area contributed by atoms with E-state index >= 15 is 0 Å². The number of hydrogen-bond acceptors (Lipinski definition) is 3. The van der Waals surface area contributed by atoms with Gasteiger partial charge in [-0.1, -0.05) is 19.1 Å².